The lowest BCUT2D eigenvalue weighted by molar-refractivity contribution is -0.141. The number of imidazole rings is 1. The predicted molar refractivity (Wildman–Crippen MR) is 96.8 cm³/mol. The second-order valence-electron chi connectivity index (χ2n) is 6.28. The van der Waals surface area contributed by atoms with Gasteiger partial charge in [0.05, 0.1) is 22.8 Å². The van der Waals surface area contributed by atoms with Crippen molar-refractivity contribution in [2.45, 2.75) is 12.4 Å². The van der Waals surface area contributed by atoms with Crippen molar-refractivity contribution in [3.05, 3.63) is 66.0 Å². The van der Waals surface area contributed by atoms with Gasteiger partial charge in [-0.25, -0.2) is 15.0 Å². The molecule has 0 saturated carbocycles. The summed E-state index contributed by atoms with van der Waals surface area (Å²) in [5.74, 6) is 0.314. The first kappa shape index (κ1) is 19.7. The van der Waals surface area contributed by atoms with Gasteiger partial charge >= 0.3 is 12.4 Å². The summed E-state index contributed by atoms with van der Waals surface area (Å²) in [6, 6.07) is 9.52. The van der Waals surface area contributed by atoms with Crippen LogP contribution in [0.25, 0.3) is 22.4 Å². The predicted octanol–water partition coefficient (Wildman–Crippen LogP) is 5.80. The Kier molecular flexibility index (Phi) is 4.60. The highest BCUT2D eigenvalue weighted by Gasteiger charge is 2.32. The van der Waals surface area contributed by atoms with Crippen LogP contribution in [0.4, 0.5) is 38.0 Å². The number of halogens is 6. The van der Waals surface area contributed by atoms with Crippen molar-refractivity contribution >= 4 is 22.7 Å². The lowest BCUT2D eigenvalue weighted by Crippen LogP contribution is -2.09. The van der Waals surface area contributed by atoms with E-state index >= 15 is 0 Å². The fourth-order valence-corrected chi connectivity index (χ4v) is 2.75. The third kappa shape index (κ3) is 4.04. The normalized spacial score (nSPS) is 12.3. The first-order valence-corrected chi connectivity index (χ1v) is 8.44. The van der Waals surface area contributed by atoms with E-state index in [0.29, 0.717) is 11.0 Å². The van der Waals surface area contributed by atoms with Crippen molar-refractivity contribution < 1.29 is 26.3 Å². The number of H-pyrrole nitrogens is 1. The molecular weight excluding hydrogens is 412 g/mol. The molecule has 0 fully saturated rings. The van der Waals surface area contributed by atoms with Crippen molar-refractivity contribution in [3.63, 3.8) is 0 Å². The van der Waals surface area contributed by atoms with E-state index in [9.17, 15) is 26.3 Å². The van der Waals surface area contributed by atoms with Crippen molar-refractivity contribution in [1.82, 2.24) is 19.9 Å². The minimum atomic E-state index is -4.59. The van der Waals surface area contributed by atoms with Gasteiger partial charge in [-0.3, -0.25) is 0 Å². The molecule has 0 aliphatic rings. The number of aromatic nitrogens is 4. The summed E-state index contributed by atoms with van der Waals surface area (Å²) in [5, 5.41) is 2.66. The monoisotopic (exact) mass is 423 g/mol. The fraction of sp³-hybridized carbons (Fsp3) is 0.105. The first-order valence-electron chi connectivity index (χ1n) is 8.44. The van der Waals surface area contributed by atoms with Gasteiger partial charge in [-0.1, -0.05) is 18.2 Å². The quantitative estimate of drug-likeness (QED) is 0.409. The highest BCUT2D eigenvalue weighted by molar-refractivity contribution is 5.81. The molecule has 0 radical (unpaired) electrons. The second kappa shape index (κ2) is 7.01. The molecular formula is C19H11F6N5. The molecule has 0 saturated heterocycles. The van der Waals surface area contributed by atoms with Gasteiger partial charge in [0.1, 0.15) is 23.2 Å². The number of fused-ring (bicyclic) bond motifs is 1. The van der Waals surface area contributed by atoms with Crippen LogP contribution in [0.15, 0.2) is 54.7 Å². The van der Waals surface area contributed by atoms with Crippen molar-refractivity contribution in [2.75, 3.05) is 5.32 Å². The van der Waals surface area contributed by atoms with Gasteiger partial charge in [0.25, 0.3) is 0 Å². The van der Waals surface area contributed by atoms with Gasteiger partial charge in [0.2, 0.25) is 0 Å². The van der Waals surface area contributed by atoms with E-state index in [-0.39, 0.29) is 23.0 Å². The Morgan fingerprint density at radius 2 is 1.57 bits per heavy atom. The number of hydrogen-bond donors (Lipinski definition) is 2. The van der Waals surface area contributed by atoms with Crippen molar-refractivity contribution in [2.24, 2.45) is 0 Å². The average Bonchev–Trinajstić information content (AvgIpc) is 3.10. The number of aromatic amines is 1. The smallest absolute Gasteiger partial charge is 0.337 e. The molecule has 30 heavy (non-hydrogen) atoms. The van der Waals surface area contributed by atoms with E-state index in [1.807, 2.05) is 0 Å². The summed E-state index contributed by atoms with van der Waals surface area (Å²) in [5.41, 5.74) is -0.816. The molecule has 0 aliphatic carbocycles. The third-order valence-corrected chi connectivity index (χ3v) is 4.13. The molecule has 4 aromatic rings. The van der Waals surface area contributed by atoms with E-state index in [1.165, 1.54) is 36.5 Å². The van der Waals surface area contributed by atoms with Gasteiger partial charge in [-0.05, 0) is 24.3 Å². The Hall–Kier alpha value is -3.63. The summed E-state index contributed by atoms with van der Waals surface area (Å²) >= 11 is 0. The molecule has 5 nitrogen and oxygen atoms in total. The average molecular weight is 423 g/mol. The largest absolute Gasteiger partial charge is 0.433 e. The van der Waals surface area contributed by atoms with Crippen LogP contribution in [0, 0.1) is 0 Å². The number of pyridine rings is 2. The molecule has 3 heterocycles. The summed E-state index contributed by atoms with van der Waals surface area (Å²) in [6.07, 6.45) is -7.70. The third-order valence-electron chi connectivity index (χ3n) is 4.13. The van der Waals surface area contributed by atoms with Crippen LogP contribution in [0.1, 0.15) is 11.3 Å². The van der Waals surface area contributed by atoms with E-state index < -0.39 is 23.6 Å². The van der Waals surface area contributed by atoms with Gasteiger partial charge < -0.3 is 10.3 Å². The highest BCUT2D eigenvalue weighted by atomic mass is 19.4. The molecule has 0 amide bonds. The van der Waals surface area contributed by atoms with Gasteiger partial charge in [-0.2, -0.15) is 26.3 Å². The lowest BCUT2D eigenvalue weighted by atomic mass is 10.1. The molecule has 4 rings (SSSR count). The van der Waals surface area contributed by atoms with Gasteiger partial charge in [0, 0.05) is 11.6 Å². The number of alkyl halides is 6. The molecule has 0 aliphatic heterocycles. The number of anilines is 2. The van der Waals surface area contributed by atoms with Crippen LogP contribution in [0.3, 0.4) is 0 Å². The Balaban J connectivity index is 1.64. The Labute approximate surface area is 164 Å². The number of nitrogens with zero attached hydrogens (tertiary/aromatic N) is 3. The van der Waals surface area contributed by atoms with Gasteiger partial charge in [0.15, 0.2) is 0 Å². The molecule has 0 spiro atoms. The second-order valence-corrected chi connectivity index (χ2v) is 6.28. The van der Waals surface area contributed by atoms with E-state index in [1.54, 1.807) is 0 Å². The van der Waals surface area contributed by atoms with Crippen LogP contribution in [0.2, 0.25) is 0 Å². The lowest BCUT2D eigenvalue weighted by Gasteiger charge is -2.08. The summed E-state index contributed by atoms with van der Waals surface area (Å²) in [6.45, 7) is 0. The molecule has 11 heteroatoms. The molecule has 154 valence electrons. The van der Waals surface area contributed by atoms with Crippen LogP contribution < -0.4 is 5.32 Å². The standard InChI is InChI=1S/C19H11F6N5/c20-18(21,22)11-4-1-3-10(7-11)17-27-12-8-16(26-9-13(12)28-17)30-15-6-2-5-14(29-15)19(23,24)25/h1-9H,(H,27,28)(H,26,29,30). The Morgan fingerprint density at radius 3 is 2.30 bits per heavy atom. The zero-order chi connectivity index (χ0) is 21.5. The first-order chi connectivity index (χ1) is 14.1. The number of nitrogens with one attached hydrogen (secondary N) is 2. The molecule has 0 unspecified atom stereocenters. The van der Waals surface area contributed by atoms with E-state index in [4.69, 9.17) is 0 Å². The number of hydrogen-bond acceptors (Lipinski definition) is 4. The maximum absolute atomic E-state index is 12.9. The number of benzene rings is 1. The maximum Gasteiger partial charge on any atom is 0.433 e. The minimum absolute atomic E-state index is 0.0645. The zero-order valence-corrected chi connectivity index (χ0v) is 14.8. The topological polar surface area (TPSA) is 66.5 Å². The summed E-state index contributed by atoms with van der Waals surface area (Å²) in [4.78, 5) is 14.7. The zero-order valence-electron chi connectivity index (χ0n) is 14.8. The summed E-state index contributed by atoms with van der Waals surface area (Å²) < 4.78 is 77.1. The van der Waals surface area contributed by atoms with E-state index in [0.717, 1.165) is 18.2 Å². The summed E-state index contributed by atoms with van der Waals surface area (Å²) in [7, 11) is 0. The molecule has 0 atom stereocenters. The van der Waals surface area contributed by atoms with Crippen molar-refractivity contribution in [1.29, 1.82) is 0 Å². The van der Waals surface area contributed by atoms with Crippen LogP contribution >= 0.6 is 0 Å². The van der Waals surface area contributed by atoms with Crippen LogP contribution in [-0.4, -0.2) is 19.9 Å². The molecule has 0 bridgehead atoms. The van der Waals surface area contributed by atoms with Crippen molar-refractivity contribution in [3.8, 4) is 11.4 Å². The van der Waals surface area contributed by atoms with Crippen LogP contribution in [-0.2, 0) is 12.4 Å². The highest BCUT2D eigenvalue weighted by Crippen LogP contribution is 2.32. The van der Waals surface area contributed by atoms with Crippen LogP contribution in [0.5, 0.6) is 0 Å². The van der Waals surface area contributed by atoms with Gasteiger partial charge in [-0.15, -0.1) is 0 Å². The fourth-order valence-electron chi connectivity index (χ4n) is 2.75. The number of rotatable bonds is 3. The Bertz CT molecular complexity index is 1210. The van der Waals surface area contributed by atoms with E-state index in [2.05, 4.69) is 25.3 Å². The SMILES string of the molecule is FC(F)(F)c1cccc(-c2nc3cc(Nc4cccc(C(F)(F)F)n4)ncc3[nH]2)c1. The molecule has 2 N–H and O–H groups in total. The molecule has 1 aromatic carbocycles. The Morgan fingerprint density at radius 1 is 0.800 bits per heavy atom. The minimum Gasteiger partial charge on any atom is -0.337 e. The maximum atomic E-state index is 12.9. The molecule has 3 aromatic heterocycles.